The van der Waals surface area contributed by atoms with Crippen LogP contribution in [0.4, 0.5) is 0 Å². The third-order valence-electron chi connectivity index (χ3n) is 6.05. The van der Waals surface area contributed by atoms with Gasteiger partial charge in [0.15, 0.2) is 0 Å². The molecule has 3 unspecified atom stereocenters. The van der Waals surface area contributed by atoms with Crippen LogP contribution in [0.25, 0.3) is 0 Å². The van der Waals surface area contributed by atoms with Crippen LogP contribution in [0.15, 0.2) is 0 Å². The summed E-state index contributed by atoms with van der Waals surface area (Å²) in [6, 6.07) is 0.293. The Kier molecular flexibility index (Phi) is 7.57. The molecule has 4 heteroatoms. The summed E-state index contributed by atoms with van der Waals surface area (Å²) >= 11 is 0. The van der Waals surface area contributed by atoms with Gasteiger partial charge in [0.1, 0.15) is 0 Å². The van der Waals surface area contributed by atoms with Crippen molar-refractivity contribution < 1.29 is 14.3 Å². The zero-order valence-corrected chi connectivity index (χ0v) is 15.8. The van der Waals surface area contributed by atoms with E-state index in [0.717, 1.165) is 6.42 Å². The van der Waals surface area contributed by atoms with E-state index in [9.17, 15) is 9.59 Å². The molecular formula is C20H35NO3. The van der Waals surface area contributed by atoms with Crippen LogP contribution in [0.5, 0.6) is 0 Å². The summed E-state index contributed by atoms with van der Waals surface area (Å²) in [6.07, 6.45) is 11.6. The van der Waals surface area contributed by atoms with Crippen LogP contribution < -0.4 is 0 Å². The Hall–Kier alpha value is -1.06. The van der Waals surface area contributed by atoms with Gasteiger partial charge in [-0.25, -0.2) is 0 Å². The van der Waals surface area contributed by atoms with Crippen molar-refractivity contribution in [3.8, 4) is 0 Å². The lowest BCUT2D eigenvalue weighted by Gasteiger charge is -2.40. The van der Waals surface area contributed by atoms with Crippen molar-refractivity contribution >= 4 is 11.9 Å². The highest BCUT2D eigenvalue weighted by molar-refractivity contribution is 5.78. The average Bonchev–Trinajstić information content (AvgIpc) is 2.60. The second-order valence-corrected chi connectivity index (χ2v) is 8.01. The first-order chi connectivity index (χ1) is 11.5. The largest absolute Gasteiger partial charge is 0.469 e. The maximum Gasteiger partial charge on any atom is 0.310 e. The normalized spacial score (nSPS) is 26.6. The van der Waals surface area contributed by atoms with Gasteiger partial charge >= 0.3 is 5.97 Å². The van der Waals surface area contributed by atoms with Crippen LogP contribution in [0.3, 0.4) is 0 Å². The third-order valence-corrected chi connectivity index (χ3v) is 6.05. The van der Waals surface area contributed by atoms with Crippen molar-refractivity contribution in [2.45, 2.75) is 84.1 Å². The summed E-state index contributed by atoms with van der Waals surface area (Å²) in [4.78, 5) is 27.0. The molecule has 0 spiro atoms. The van der Waals surface area contributed by atoms with Gasteiger partial charge in [-0.1, -0.05) is 46.0 Å². The van der Waals surface area contributed by atoms with Crippen LogP contribution in [0, 0.1) is 17.8 Å². The summed E-state index contributed by atoms with van der Waals surface area (Å²) in [5.41, 5.74) is 0. The van der Waals surface area contributed by atoms with Crippen LogP contribution in [-0.2, 0) is 14.3 Å². The van der Waals surface area contributed by atoms with Gasteiger partial charge in [0.2, 0.25) is 5.91 Å². The molecule has 0 heterocycles. The van der Waals surface area contributed by atoms with Crippen molar-refractivity contribution in [2.75, 3.05) is 13.7 Å². The molecule has 2 saturated carbocycles. The Morgan fingerprint density at radius 3 is 2.29 bits per heavy atom. The monoisotopic (exact) mass is 337 g/mol. The molecule has 0 N–H and O–H groups in total. The van der Waals surface area contributed by atoms with E-state index in [1.165, 1.54) is 58.5 Å². The molecule has 0 bridgehead atoms. The summed E-state index contributed by atoms with van der Waals surface area (Å²) in [6.45, 7) is 4.64. The highest BCUT2D eigenvalue weighted by Crippen LogP contribution is 2.32. The van der Waals surface area contributed by atoms with Gasteiger partial charge in [-0.05, 0) is 37.5 Å². The molecule has 0 aromatic carbocycles. The first kappa shape index (κ1) is 19.3. The van der Waals surface area contributed by atoms with E-state index in [0.29, 0.717) is 30.8 Å². The van der Waals surface area contributed by atoms with E-state index in [1.54, 1.807) is 0 Å². The van der Waals surface area contributed by atoms with Gasteiger partial charge in [-0.3, -0.25) is 9.59 Å². The average molecular weight is 338 g/mol. The number of esters is 1. The molecule has 2 fully saturated rings. The molecule has 0 aromatic rings. The molecule has 1 amide bonds. The number of methoxy groups -OCH3 is 1. The van der Waals surface area contributed by atoms with Crippen LogP contribution in [0.1, 0.15) is 78.1 Å². The molecule has 138 valence electrons. The van der Waals surface area contributed by atoms with Gasteiger partial charge in [0.25, 0.3) is 0 Å². The van der Waals surface area contributed by atoms with Crippen molar-refractivity contribution in [3.05, 3.63) is 0 Å². The lowest BCUT2D eigenvalue weighted by atomic mass is 9.83. The second-order valence-electron chi connectivity index (χ2n) is 8.01. The molecule has 2 rings (SSSR count). The first-order valence-corrected chi connectivity index (χ1v) is 9.90. The van der Waals surface area contributed by atoms with Crippen molar-refractivity contribution in [1.82, 2.24) is 4.90 Å². The maximum absolute atomic E-state index is 13.1. The number of amides is 1. The Bertz CT molecular complexity index is 417. The molecule has 3 atom stereocenters. The molecule has 4 nitrogen and oxygen atoms in total. The number of hydrogen-bond donors (Lipinski definition) is 0. The van der Waals surface area contributed by atoms with E-state index in [-0.39, 0.29) is 17.8 Å². The molecule has 0 saturated heterocycles. The molecular weight excluding hydrogens is 302 g/mol. The molecule has 2 aliphatic rings. The zero-order valence-electron chi connectivity index (χ0n) is 15.8. The lowest BCUT2D eigenvalue weighted by Crippen LogP contribution is -2.48. The number of ether oxygens (including phenoxy) is 1. The Balaban J connectivity index is 2.05. The number of nitrogens with zero attached hydrogens (tertiary/aromatic N) is 1. The van der Waals surface area contributed by atoms with E-state index in [4.69, 9.17) is 4.74 Å². The molecule has 2 aliphatic carbocycles. The number of carbonyl (C=O) groups excluding carboxylic acids is 2. The predicted molar refractivity (Wildman–Crippen MR) is 95.5 cm³/mol. The number of rotatable bonds is 6. The smallest absolute Gasteiger partial charge is 0.310 e. The first-order valence-electron chi connectivity index (χ1n) is 9.90. The minimum Gasteiger partial charge on any atom is -0.469 e. The maximum atomic E-state index is 13.1. The van der Waals surface area contributed by atoms with Gasteiger partial charge in [-0.15, -0.1) is 0 Å². The Morgan fingerprint density at radius 2 is 1.67 bits per heavy atom. The van der Waals surface area contributed by atoms with E-state index in [2.05, 4.69) is 6.92 Å². The van der Waals surface area contributed by atoms with E-state index >= 15 is 0 Å². The quantitative estimate of drug-likeness (QED) is 0.683. The Morgan fingerprint density at radius 1 is 1.04 bits per heavy atom. The fourth-order valence-corrected chi connectivity index (χ4v) is 4.51. The fourth-order valence-electron chi connectivity index (χ4n) is 4.51. The second kappa shape index (κ2) is 9.43. The van der Waals surface area contributed by atoms with Gasteiger partial charge in [0.05, 0.1) is 13.0 Å². The van der Waals surface area contributed by atoms with Crippen LogP contribution in [0.2, 0.25) is 0 Å². The van der Waals surface area contributed by atoms with Gasteiger partial charge < -0.3 is 9.64 Å². The van der Waals surface area contributed by atoms with Gasteiger partial charge in [-0.2, -0.15) is 0 Å². The van der Waals surface area contributed by atoms with Crippen molar-refractivity contribution in [2.24, 2.45) is 17.8 Å². The number of hydrogen-bond acceptors (Lipinski definition) is 3. The third kappa shape index (κ3) is 5.22. The summed E-state index contributed by atoms with van der Waals surface area (Å²) < 4.78 is 4.88. The molecule has 0 aliphatic heterocycles. The summed E-state index contributed by atoms with van der Waals surface area (Å²) in [7, 11) is 1.43. The van der Waals surface area contributed by atoms with E-state index in [1.807, 2.05) is 11.8 Å². The predicted octanol–water partition coefficient (Wildman–Crippen LogP) is 4.17. The highest BCUT2D eigenvalue weighted by atomic mass is 16.5. The van der Waals surface area contributed by atoms with Crippen molar-refractivity contribution in [1.29, 1.82) is 0 Å². The molecule has 0 radical (unpaired) electrons. The standard InChI is InChI=1S/C20H35NO3/c1-15-9-7-8-12-18(15)21(14-16(2)20(23)24-3)19(22)13-17-10-5-4-6-11-17/h15-18H,4-14H2,1-3H3. The van der Waals surface area contributed by atoms with Crippen LogP contribution >= 0.6 is 0 Å². The number of carbonyl (C=O) groups is 2. The van der Waals surface area contributed by atoms with E-state index < -0.39 is 0 Å². The highest BCUT2D eigenvalue weighted by Gasteiger charge is 2.33. The lowest BCUT2D eigenvalue weighted by molar-refractivity contribution is -0.148. The fraction of sp³-hybridized carbons (Fsp3) is 0.900. The summed E-state index contributed by atoms with van der Waals surface area (Å²) in [5, 5.41) is 0. The minimum atomic E-state index is -0.251. The van der Waals surface area contributed by atoms with Crippen LogP contribution in [-0.4, -0.2) is 36.5 Å². The Labute approximate surface area is 147 Å². The van der Waals surface area contributed by atoms with Crippen molar-refractivity contribution in [3.63, 3.8) is 0 Å². The zero-order chi connectivity index (χ0) is 17.5. The SMILES string of the molecule is COC(=O)C(C)CN(C(=O)CC1CCCCC1)C1CCCCC1C. The summed E-state index contributed by atoms with van der Waals surface area (Å²) in [5.74, 6) is 0.866. The van der Waals surface area contributed by atoms with Gasteiger partial charge in [0, 0.05) is 19.0 Å². The molecule has 24 heavy (non-hydrogen) atoms. The topological polar surface area (TPSA) is 46.6 Å². The minimum absolute atomic E-state index is 0.214. The molecule has 0 aromatic heterocycles.